The molecule has 1 fully saturated rings. The van der Waals surface area contributed by atoms with Gasteiger partial charge < -0.3 is 9.88 Å². The van der Waals surface area contributed by atoms with E-state index in [1.807, 2.05) is 6.20 Å². The monoisotopic (exact) mass is 316 g/mol. The molecular formula is C21H25BN2. The Morgan fingerprint density at radius 3 is 2.71 bits per heavy atom. The van der Waals surface area contributed by atoms with Gasteiger partial charge in [-0.3, -0.25) is 0 Å². The zero-order valence-corrected chi connectivity index (χ0v) is 14.5. The average Bonchev–Trinajstić information content (AvgIpc) is 3.10. The molecule has 3 heteroatoms. The van der Waals surface area contributed by atoms with Gasteiger partial charge in [0.05, 0.1) is 11.4 Å². The molecule has 1 aliphatic carbocycles. The number of aromatic nitrogens is 1. The van der Waals surface area contributed by atoms with Gasteiger partial charge in [-0.15, -0.1) is 0 Å². The summed E-state index contributed by atoms with van der Waals surface area (Å²) >= 11 is 0. The fraction of sp³-hybridized carbons (Fsp3) is 0.333. The third-order valence-electron chi connectivity index (χ3n) is 5.62. The lowest BCUT2D eigenvalue weighted by molar-refractivity contribution is 0.502. The summed E-state index contributed by atoms with van der Waals surface area (Å²) < 4.78 is 0. The van der Waals surface area contributed by atoms with E-state index in [2.05, 4.69) is 60.0 Å². The zero-order valence-electron chi connectivity index (χ0n) is 14.5. The number of nitrogens with zero attached hydrogens (tertiary/aromatic N) is 1. The zero-order chi connectivity index (χ0) is 16.5. The lowest BCUT2D eigenvalue weighted by Crippen LogP contribution is -2.26. The van der Waals surface area contributed by atoms with Crippen LogP contribution in [0.5, 0.6) is 0 Å². The maximum Gasteiger partial charge on any atom is 0.161 e. The number of rotatable bonds is 3. The summed E-state index contributed by atoms with van der Waals surface area (Å²) in [5, 5.41) is 0. The Morgan fingerprint density at radius 1 is 1.08 bits per heavy atom. The van der Waals surface area contributed by atoms with E-state index < -0.39 is 0 Å². The molecule has 0 radical (unpaired) electrons. The smallest absolute Gasteiger partial charge is 0.161 e. The van der Waals surface area contributed by atoms with E-state index in [0.717, 1.165) is 17.2 Å². The normalized spacial score (nSPS) is 18.3. The van der Waals surface area contributed by atoms with Crippen molar-refractivity contribution in [1.82, 2.24) is 9.88 Å². The number of nitrogens with one attached hydrogen (secondary N) is 1. The highest BCUT2D eigenvalue weighted by Gasteiger charge is 2.24. The molecule has 1 aromatic heterocycles. The van der Waals surface area contributed by atoms with E-state index in [1.54, 1.807) is 0 Å². The molecule has 0 amide bonds. The predicted molar refractivity (Wildman–Crippen MR) is 105 cm³/mol. The Balaban J connectivity index is 1.72. The molecule has 2 aliphatic rings. The average molecular weight is 316 g/mol. The topological polar surface area (TPSA) is 19.0 Å². The minimum absolute atomic E-state index is 0.850. The van der Waals surface area contributed by atoms with Crippen LogP contribution in [0.25, 0.3) is 11.3 Å². The fourth-order valence-corrected chi connectivity index (χ4v) is 4.23. The molecule has 0 unspecified atom stereocenters. The molecule has 4 rings (SSSR count). The summed E-state index contributed by atoms with van der Waals surface area (Å²) in [5.74, 6) is 0.850. The summed E-state index contributed by atoms with van der Waals surface area (Å²) in [4.78, 5) is 5.49. The summed E-state index contributed by atoms with van der Waals surface area (Å²) in [5.41, 5.74) is 7.62. The largest absolute Gasteiger partial charge is 0.359 e. The van der Waals surface area contributed by atoms with Gasteiger partial charge in [-0.2, -0.15) is 0 Å². The van der Waals surface area contributed by atoms with E-state index in [1.165, 1.54) is 61.5 Å². The van der Waals surface area contributed by atoms with Crippen molar-refractivity contribution >= 4 is 24.0 Å². The van der Waals surface area contributed by atoms with Crippen LogP contribution < -0.4 is 5.46 Å². The van der Waals surface area contributed by atoms with Crippen molar-refractivity contribution in [2.45, 2.75) is 37.9 Å². The summed E-state index contributed by atoms with van der Waals surface area (Å²) in [7, 11) is 3.29. The van der Waals surface area contributed by atoms with Gasteiger partial charge in [0.25, 0.3) is 0 Å². The molecular weight excluding hydrogens is 291 g/mol. The number of fused-ring (bicyclic) bond motifs is 1. The third-order valence-corrected chi connectivity index (χ3v) is 5.62. The van der Waals surface area contributed by atoms with Crippen molar-refractivity contribution in [1.29, 1.82) is 0 Å². The number of H-pyrrole nitrogens is 1. The van der Waals surface area contributed by atoms with Crippen LogP contribution >= 0.6 is 0 Å². The molecule has 1 saturated carbocycles. The van der Waals surface area contributed by atoms with Crippen LogP contribution in [0.15, 0.2) is 49.3 Å². The molecule has 1 aromatic carbocycles. The van der Waals surface area contributed by atoms with Crippen molar-refractivity contribution < 1.29 is 0 Å². The fourth-order valence-electron chi connectivity index (χ4n) is 4.23. The third kappa shape index (κ3) is 2.73. The van der Waals surface area contributed by atoms with Crippen LogP contribution in [-0.4, -0.2) is 24.2 Å². The van der Waals surface area contributed by atoms with Crippen molar-refractivity contribution in [2.24, 2.45) is 0 Å². The molecule has 2 nitrogen and oxygen atoms in total. The van der Waals surface area contributed by atoms with Crippen molar-refractivity contribution in [3.8, 4) is 0 Å². The summed E-state index contributed by atoms with van der Waals surface area (Å²) in [6, 6.07) is 11.1. The number of hydrogen-bond acceptors (Lipinski definition) is 1. The molecule has 1 N–H and O–H groups in total. The van der Waals surface area contributed by atoms with Gasteiger partial charge in [-0.05, 0) is 11.6 Å². The highest BCUT2D eigenvalue weighted by Crippen LogP contribution is 2.35. The molecule has 0 spiro atoms. The number of hydrogen-bond donors (Lipinski definition) is 1. The minimum atomic E-state index is 0.850. The SMILES string of the molecule is C=C1c2[nH]ccc2C(c2ccccc2BC2CCCCC2)=CN1C. The first-order chi connectivity index (χ1) is 11.7. The van der Waals surface area contributed by atoms with Gasteiger partial charge in [0.2, 0.25) is 0 Å². The Kier molecular flexibility index (Phi) is 4.09. The second-order valence-electron chi connectivity index (χ2n) is 7.23. The minimum Gasteiger partial charge on any atom is -0.359 e. The molecule has 24 heavy (non-hydrogen) atoms. The second kappa shape index (κ2) is 6.39. The quantitative estimate of drug-likeness (QED) is 0.844. The van der Waals surface area contributed by atoms with E-state index in [-0.39, 0.29) is 0 Å². The van der Waals surface area contributed by atoms with Crippen LogP contribution in [0.1, 0.15) is 48.9 Å². The maximum atomic E-state index is 4.20. The Morgan fingerprint density at radius 2 is 1.88 bits per heavy atom. The lowest BCUT2D eigenvalue weighted by Gasteiger charge is -2.27. The number of aromatic amines is 1. The highest BCUT2D eigenvalue weighted by molar-refractivity contribution is 6.56. The lowest BCUT2D eigenvalue weighted by atomic mass is 9.53. The molecule has 1 aliphatic heterocycles. The van der Waals surface area contributed by atoms with Crippen LogP contribution in [0.3, 0.4) is 0 Å². The first kappa shape index (κ1) is 15.4. The molecule has 0 bridgehead atoms. The van der Waals surface area contributed by atoms with Gasteiger partial charge in [-0.1, -0.05) is 74.2 Å². The van der Waals surface area contributed by atoms with Crippen LogP contribution in [0.2, 0.25) is 5.82 Å². The van der Waals surface area contributed by atoms with E-state index in [4.69, 9.17) is 0 Å². The molecule has 0 saturated heterocycles. The van der Waals surface area contributed by atoms with Gasteiger partial charge in [0, 0.05) is 30.6 Å². The van der Waals surface area contributed by atoms with Gasteiger partial charge >= 0.3 is 0 Å². The van der Waals surface area contributed by atoms with E-state index in [0.29, 0.717) is 0 Å². The standard InChI is InChI=1S/C21H25BN2/c1-15-21-18(12-13-23-21)19(14-24(15)2)17-10-6-7-11-20(17)22-16-8-4-3-5-9-16/h6-7,10-14,16,22-23H,1,3-5,8-9H2,2H3. The summed E-state index contributed by atoms with van der Waals surface area (Å²) in [6.07, 6.45) is 11.3. The van der Waals surface area contributed by atoms with Gasteiger partial charge in [-0.25, -0.2) is 0 Å². The molecule has 0 atom stereocenters. The first-order valence-corrected chi connectivity index (χ1v) is 9.14. The van der Waals surface area contributed by atoms with Crippen molar-refractivity contribution in [3.63, 3.8) is 0 Å². The van der Waals surface area contributed by atoms with Gasteiger partial charge in [0.1, 0.15) is 0 Å². The van der Waals surface area contributed by atoms with Crippen molar-refractivity contribution in [2.75, 3.05) is 7.05 Å². The molecule has 2 heterocycles. The van der Waals surface area contributed by atoms with Crippen LogP contribution in [-0.2, 0) is 0 Å². The maximum absolute atomic E-state index is 4.20. The van der Waals surface area contributed by atoms with Gasteiger partial charge in [0.15, 0.2) is 7.28 Å². The Labute approximate surface area is 145 Å². The highest BCUT2D eigenvalue weighted by atomic mass is 15.1. The molecule has 122 valence electrons. The molecule has 2 aromatic rings. The summed E-state index contributed by atoms with van der Waals surface area (Å²) in [6.45, 7) is 4.20. The first-order valence-electron chi connectivity index (χ1n) is 9.14. The number of benzene rings is 1. The van der Waals surface area contributed by atoms with E-state index in [9.17, 15) is 0 Å². The second-order valence-corrected chi connectivity index (χ2v) is 7.23. The Bertz CT molecular complexity index is 781. The Hall–Kier alpha value is -2.16. The predicted octanol–water partition coefficient (Wildman–Crippen LogP) is 4.13. The van der Waals surface area contributed by atoms with Crippen LogP contribution in [0, 0.1) is 0 Å². The van der Waals surface area contributed by atoms with Crippen LogP contribution in [0.4, 0.5) is 0 Å². The van der Waals surface area contributed by atoms with E-state index >= 15 is 0 Å². The van der Waals surface area contributed by atoms with Crippen molar-refractivity contribution in [3.05, 3.63) is 66.1 Å².